The molecule has 0 aromatic heterocycles. The van der Waals surface area contributed by atoms with Crippen LogP contribution in [0.1, 0.15) is 66.7 Å². The first-order valence-corrected chi connectivity index (χ1v) is 13.9. The summed E-state index contributed by atoms with van der Waals surface area (Å²) in [5, 5.41) is 0. The Morgan fingerprint density at radius 3 is 2.23 bits per heavy atom. The molecule has 3 heterocycles. The van der Waals surface area contributed by atoms with Gasteiger partial charge in [0.1, 0.15) is 11.7 Å². The Morgan fingerprint density at radius 2 is 1.69 bits per heavy atom. The summed E-state index contributed by atoms with van der Waals surface area (Å²) in [7, 11) is 1.40. The van der Waals surface area contributed by atoms with Crippen LogP contribution < -0.4 is 0 Å². The summed E-state index contributed by atoms with van der Waals surface area (Å²) in [5.74, 6) is -2.13. The van der Waals surface area contributed by atoms with Crippen molar-refractivity contribution in [3.05, 3.63) is 0 Å². The van der Waals surface area contributed by atoms with Crippen LogP contribution in [0.5, 0.6) is 0 Å². The molecule has 4 rings (SSSR count). The third kappa shape index (κ3) is 5.73. The first-order chi connectivity index (χ1) is 18.1. The lowest BCUT2D eigenvalue weighted by molar-refractivity contribution is -0.197. The molecule has 39 heavy (non-hydrogen) atoms. The van der Waals surface area contributed by atoms with Crippen LogP contribution in [0.3, 0.4) is 0 Å². The van der Waals surface area contributed by atoms with Crippen LogP contribution >= 0.6 is 0 Å². The molecule has 4 fully saturated rings. The van der Waals surface area contributed by atoms with Gasteiger partial charge >= 0.3 is 18.2 Å². The molecule has 0 aromatic rings. The number of carbonyl (C=O) groups excluding carboxylic acids is 3. The lowest BCUT2D eigenvalue weighted by Crippen LogP contribution is -2.59. The van der Waals surface area contributed by atoms with E-state index in [1.165, 1.54) is 7.11 Å². The monoisotopic (exact) mass is 561 g/mol. The first kappa shape index (κ1) is 29.9. The molecule has 1 aliphatic carbocycles. The summed E-state index contributed by atoms with van der Waals surface area (Å²) in [6.45, 7) is 10.3. The van der Waals surface area contributed by atoms with Crippen LogP contribution in [0, 0.1) is 11.3 Å². The topological polar surface area (TPSA) is 88.6 Å². The number of methoxy groups -OCH3 is 1. The molecule has 4 aliphatic rings. The molecule has 0 spiro atoms. The molecular formula is C27H42F3N3O6. The zero-order valence-corrected chi connectivity index (χ0v) is 23.8. The van der Waals surface area contributed by atoms with E-state index < -0.39 is 47.4 Å². The van der Waals surface area contributed by atoms with E-state index in [-0.39, 0.29) is 50.0 Å². The predicted octanol–water partition coefficient (Wildman–Crippen LogP) is 3.60. The zero-order chi connectivity index (χ0) is 28.9. The standard InChI is InChI=1S/C27H42F3N3O6/c1-16(2)26(22(34)31-13-19-11-18(31)14-32(19)24(36)39-25(3,4)5)9-7-17(12-26)33(23(35)27(28,29)30)20-8-10-38-15-21(20)37-6/h16-21H,7-15H2,1-6H3/t17-,18+,19+,20+,21-,26+/m1/s1. The van der Waals surface area contributed by atoms with Crippen molar-refractivity contribution in [1.29, 1.82) is 0 Å². The molecule has 1 saturated carbocycles. The maximum atomic E-state index is 14.2. The summed E-state index contributed by atoms with van der Waals surface area (Å²) >= 11 is 0. The zero-order valence-electron chi connectivity index (χ0n) is 23.8. The van der Waals surface area contributed by atoms with Crippen molar-refractivity contribution in [3.8, 4) is 0 Å². The Kier molecular flexibility index (Phi) is 8.22. The van der Waals surface area contributed by atoms with Gasteiger partial charge in [-0.15, -0.1) is 0 Å². The lowest BCUT2D eigenvalue weighted by atomic mass is 9.74. The number of hydrogen-bond donors (Lipinski definition) is 0. The quantitative estimate of drug-likeness (QED) is 0.510. The number of nitrogens with zero attached hydrogens (tertiary/aromatic N) is 3. The number of alkyl halides is 3. The second kappa shape index (κ2) is 10.7. The fraction of sp³-hybridized carbons (Fsp3) is 0.889. The minimum atomic E-state index is -5.04. The second-order valence-electron chi connectivity index (χ2n) is 12.8. The Hall–Kier alpha value is -2.08. The van der Waals surface area contributed by atoms with Crippen LogP contribution in [0.25, 0.3) is 0 Å². The lowest BCUT2D eigenvalue weighted by Gasteiger charge is -2.44. The predicted molar refractivity (Wildman–Crippen MR) is 135 cm³/mol. The first-order valence-electron chi connectivity index (χ1n) is 13.9. The Bertz CT molecular complexity index is 954. The molecule has 0 unspecified atom stereocenters. The van der Waals surface area contributed by atoms with Crippen molar-refractivity contribution in [2.45, 2.75) is 109 Å². The van der Waals surface area contributed by atoms with E-state index >= 15 is 0 Å². The van der Waals surface area contributed by atoms with Gasteiger partial charge in [-0.1, -0.05) is 13.8 Å². The van der Waals surface area contributed by atoms with E-state index in [0.717, 1.165) is 4.90 Å². The molecule has 0 aromatic carbocycles. The van der Waals surface area contributed by atoms with Crippen LogP contribution in [0.2, 0.25) is 0 Å². The minimum Gasteiger partial charge on any atom is -0.444 e. The highest BCUT2D eigenvalue weighted by Crippen LogP contribution is 2.50. The van der Waals surface area contributed by atoms with Gasteiger partial charge in [-0.3, -0.25) is 9.59 Å². The van der Waals surface area contributed by atoms with Crippen LogP contribution in [0.4, 0.5) is 18.0 Å². The van der Waals surface area contributed by atoms with Gasteiger partial charge in [0, 0.05) is 32.8 Å². The van der Waals surface area contributed by atoms with Crippen molar-refractivity contribution >= 4 is 17.9 Å². The van der Waals surface area contributed by atoms with Crippen molar-refractivity contribution in [1.82, 2.24) is 14.7 Å². The highest BCUT2D eigenvalue weighted by Gasteiger charge is 2.58. The highest BCUT2D eigenvalue weighted by atomic mass is 19.4. The largest absolute Gasteiger partial charge is 0.471 e. The molecule has 9 nitrogen and oxygen atoms in total. The van der Waals surface area contributed by atoms with E-state index in [2.05, 4.69) is 0 Å². The maximum absolute atomic E-state index is 14.2. The normalized spacial score (nSPS) is 33.1. The molecule has 3 aliphatic heterocycles. The van der Waals surface area contributed by atoms with Crippen LogP contribution in [-0.2, 0) is 23.8 Å². The number of hydrogen-bond acceptors (Lipinski definition) is 6. The van der Waals surface area contributed by atoms with Gasteiger partial charge in [-0.2, -0.15) is 13.2 Å². The third-order valence-electron chi connectivity index (χ3n) is 8.98. The highest BCUT2D eigenvalue weighted by molar-refractivity contribution is 5.86. The third-order valence-corrected chi connectivity index (χ3v) is 8.98. The summed E-state index contributed by atoms with van der Waals surface area (Å²) < 4.78 is 57.8. The molecule has 222 valence electrons. The van der Waals surface area contributed by atoms with E-state index in [0.29, 0.717) is 32.4 Å². The molecule has 3 saturated heterocycles. The molecule has 12 heteroatoms. The van der Waals surface area contributed by atoms with Crippen LogP contribution in [0.15, 0.2) is 0 Å². The van der Waals surface area contributed by atoms with E-state index in [1.54, 1.807) is 25.7 Å². The fourth-order valence-electron chi connectivity index (χ4n) is 6.98. The fourth-order valence-corrected chi connectivity index (χ4v) is 6.98. The molecule has 3 amide bonds. The minimum absolute atomic E-state index is 0.0917. The summed E-state index contributed by atoms with van der Waals surface area (Å²) in [6.07, 6.45) is -4.39. The van der Waals surface area contributed by atoms with Crippen molar-refractivity contribution in [2.75, 3.05) is 33.4 Å². The van der Waals surface area contributed by atoms with Gasteiger partial charge in [0.25, 0.3) is 0 Å². The average molecular weight is 562 g/mol. The van der Waals surface area contributed by atoms with Crippen molar-refractivity contribution < 1.29 is 41.8 Å². The maximum Gasteiger partial charge on any atom is 0.471 e. The number of likely N-dealkylation sites (tertiary alicyclic amines) is 2. The van der Waals surface area contributed by atoms with Gasteiger partial charge in [-0.05, 0) is 58.8 Å². The number of ether oxygens (including phenoxy) is 3. The molecular weight excluding hydrogens is 519 g/mol. The van der Waals surface area contributed by atoms with Gasteiger partial charge in [0.05, 0.1) is 30.1 Å². The number of amides is 3. The Morgan fingerprint density at radius 1 is 1.05 bits per heavy atom. The van der Waals surface area contributed by atoms with Gasteiger partial charge < -0.3 is 28.9 Å². The SMILES string of the molecule is CO[C@@H]1COCC[C@@H]1N(C(=O)C(F)(F)F)[C@@H]1CC[C@@](C(=O)N2C[C@@H]3C[C@H]2CN3C(=O)OC(C)(C)C)(C(C)C)C1. The smallest absolute Gasteiger partial charge is 0.444 e. The summed E-state index contributed by atoms with van der Waals surface area (Å²) in [5.41, 5.74) is -1.52. The molecule has 2 bridgehead atoms. The molecule has 0 radical (unpaired) electrons. The van der Waals surface area contributed by atoms with E-state index in [9.17, 15) is 27.6 Å². The van der Waals surface area contributed by atoms with E-state index in [4.69, 9.17) is 14.2 Å². The van der Waals surface area contributed by atoms with Gasteiger partial charge in [-0.25, -0.2) is 4.79 Å². The van der Waals surface area contributed by atoms with Crippen LogP contribution in [-0.4, -0.2) is 108 Å². The Balaban J connectivity index is 1.54. The van der Waals surface area contributed by atoms with Crippen molar-refractivity contribution in [2.24, 2.45) is 11.3 Å². The molecule has 0 N–H and O–H groups in total. The molecule has 6 atom stereocenters. The Labute approximate surface area is 228 Å². The van der Waals surface area contributed by atoms with Gasteiger partial charge in [0.2, 0.25) is 5.91 Å². The number of fused-ring (bicyclic) bond motifs is 2. The summed E-state index contributed by atoms with van der Waals surface area (Å²) in [6, 6.07) is -1.84. The number of carbonyl (C=O) groups is 3. The number of piperazine rings is 1. The van der Waals surface area contributed by atoms with Crippen molar-refractivity contribution in [3.63, 3.8) is 0 Å². The second-order valence-corrected chi connectivity index (χ2v) is 12.8. The average Bonchev–Trinajstić information content (AvgIpc) is 3.57. The van der Waals surface area contributed by atoms with Gasteiger partial charge in [0.15, 0.2) is 0 Å². The summed E-state index contributed by atoms with van der Waals surface area (Å²) in [4.78, 5) is 44.1. The van der Waals surface area contributed by atoms with E-state index in [1.807, 2.05) is 18.7 Å². The number of halogens is 3. The number of rotatable bonds is 5.